The van der Waals surface area contributed by atoms with E-state index in [2.05, 4.69) is 0 Å². The van der Waals surface area contributed by atoms with Gasteiger partial charge in [0.1, 0.15) is 6.54 Å². The standard InChI is InChI=1S/C10H16N2O4/c1-2-3-4-11-5-6-12(7-8(13)14)10(16)9(11)15/h2-7H2,1H3,(H,13,14). The van der Waals surface area contributed by atoms with Gasteiger partial charge in [-0.1, -0.05) is 13.3 Å². The summed E-state index contributed by atoms with van der Waals surface area (Å²) in [5, 5.41) is 8.56. The topological polar surface area (TPSA) is 77.9 Å². The van der Waals surface area contributed by atoms with Crippen molar-refractivity contribution in [3.8, 4) is 0 Å². The van der Waals surface area contributed by atoms with E-state index in [0.29, 0.717) is 19.6 Å². The highest BCUT2D eigenvalue weighted by Crippen LogP contribution is 2.06. The van der Waals surface area contributed by atoms with E-state index in [9.17, 15) is 14.4 Å². The number of hydrogen-bond acceptors (Lipinski definition) is 3. The predicted octanol–water partition coefficient (Wildman–Crippen LogP) is -0.458. The van der Waals surface area contributed by atoms with Gasteiger partial charge in [0.2, 0.25) is 0 Å². The van der Waals surface area contributed by atoms with Crippen molar-refractivity contribution in [2.24, 2.45) is 0 Å². The molecule has 6 nitrogen and oxygen atoms in total. The number of carboxylic acids is 1. The molecule has 1 N–H and O–H groups in total. The second-order valence-electron chi connectivity index (χ2n) is 3.77. The van der Waals surface area contributed by atoms with Crippen LogP contribution in [0.1, 0.15) is 19.8 Å². The lowest BCUT2D eigenvalue weighted by atomic mass is 10.2. The molecule has 0 aromatic heterocycles. The Morgan fingerprint density at radius 2 is 1.81 bits per heavy atom. The largest absolute Gasteiger partial charge is 0.480 e. The zero-order valence-electron chi connectivity index (χ0n) is 9.31. The maximum Gasteiger partial charge on any atom is 0.323 e. The number of nitrogens with zero attached hydrogens (tertiary/aromatic N) is 2. The van der Waals surface area contributed by atoms with Crippen molar-refractivity contribution in [2.45, 2.75) is 19.8 Å². The van der Waals surface area contributed by atoms with Gasteiger partial charge in [0.15, 0.2) is 0 Å². The van der Waals surface area contributed by atoms with Crippen molar-refractivity contribution in [3.05, 3.63) is 0 Å². The average molecular weight is 228 g/mol. The van der Waals surface area contributed by atoms with Crippen LogP contribution in [-0.4, -0.2) is 58.9 Å². The van der Waals surface area contributed by atoms with Crippen LogP contribution in [0.3, 0.4) is 0 Å². The fourth-order valence-electron chi connectivity index (χ4n) is 1.59. The molecule has 0 radical (unpaired) electrons. The van der Waals surface area contributed by atoms with Gasteiger partial charge in [-0.05, 0) is 6.42 Å². The highest BCUT2D eigenvalue weighted by atomic mass is 16.4. The molecule has 0 spiro atoms. The minimum atomic E-state index is -1.09. The first-order valence-corrected chi connectivity index (χ1v) is 5.36. The lowest BCUT2D eigenvalue weighted by Gasteiger charge is -2.32. The molecule has 1 fully saturated rings. The lowest BCUT2D eigenvalue weighted by molar-refractivity contribution is -0.158. The summed E-state index contributed by atoms with van der Waals surface area (Å²) in [5.74, 6) is -2.38. The minimum absolute atomic E-state index is 0.306. The summed E-state index contributed by atoms with van der Waals surface area (Å²) in [6.07, 6.45) is 1.81. The molecule has 2 amide bonds. The van der Waals surface area contributed by atoms with Gasteiger partial charge in [-0.25, -0.2) is 0 Å². The summed E-state index contributed by atoms with van der Waals surface area (Å²) in [6, 6.07) is 0. The molecule has 0 aromatic carbocycles. The van der Waals surface area contributed by atoms with Gasteiger partial charge in [-0.15, -0.1) is 0 Å². The van der Waals surface area contributed by atoms with Crippen molar-refractivity contribution < 1.29 is 19.5 Å². The van der Waals surface area contributed by atoms with E-state index in [4.69, 9.17) is 5.11 Å². The molecule has 1 aliphatic rings. The van der Waals surface area contributed by atoms with E-state index < -0.39 is 24.3 Å². The van der Waals surface area contributed by atoms with Crippen molar-refractivity contribution in [3.63, 3.8) is 0 Å². The Balaban J connectivity index is 2.54. The average Bonchev–Trinajstić information content (AvgIpc) is 2.23. The molecule has 1 rings (SSSR count). The maximum atomic E-state index is 11.6. The molecule has 0 bridgehead atoms. The van der Waals surface area contributed by atoms with Gasteiger partial charge >= 0.3 is 17.8 Å². The highest BCUT2D eigenvalue weighted by molar-refractivity contribution is 6.35. The molecule has 6 heteroatoms. The third kappa shape index (κ3) is 2.95. The summed E-state index contributed by atoms with van der Waals surface area (Å²) in [5.41, 5.74) is 0. The predicted molar refractivity (Wildman–Crippen MR) is 55.7 cm³/mol. The van der Waals surface area contributed by atoms with Gasteiger partial charge in [-0.2, -0.15) is 0 Å². The Kier molecular flexibility index (Phi) is 4.28. The first kappa shape index (κ1) is 12.5. The molecular weight excluding hydrogens is 212 g/mol. The molecule has 0 aromatic rings. The zero-order chi connectivity index (χ0) is 12.1. The number of carboxylic acid groups (broad SMARTS) is 1. The van der Waals surface area contributed by atoms with Crippen molar-refractivity contribution in [1.82, 2.24) is 9.80 Å². The van der Waals surface area contributed by atoms with Crippen LogP contribution < -0.4 is 0 Å². The smallest absolute Gasteiger partial charge is 0.323 e. The lowest BCUT2D eigenvalue weighted by Crippen LogP contribution is -2.55. The van der Waals surface area contributed by atoms with Gasteiger partial charge < -0.3 is 14.9 Å². The van der Waals surface area contributed by atoms with E-state index in [-0.39, 0.29) is 0 Å². The highest BCUT2D eigenvalue weighted by Gasteiger charge is 2.32. The SMILES string of the molecule is CCCCN1CCN(CC(=O)O)C(=O)C1=O. The van der Waals surface area contributed by atoms with Gasteiger partial charge in [-0.3, -0.25) is 14.4 Å². The Labute approximate surface area is 93.8 Å². The Hall–Kier alpha value is -1.59. The molecule has 0 saturated carbocycles. The van der Waals surface area contributed by atoms with E-state index in [1.165, 1.54) is 4.90 Å². The van der Waals surface area contributed by atoms with Crippen LogP contribution in [0.15, 0.2) is 0 Å². The van der Waals surface area contributed by atoms with Crippen LogP contribution in [0, 0.1) is 0 Å². The third-order valence-electron chi connectivity index (χ3n) is 2.50. The molecular formula is C10H16N2O4. The fourth-order valence-corrected chi connectivity index (χ4v) is 1.59. The summed E-state index contributed by atoms with van der Waals surface area (Å²) >= 11 is 0. The monoisotopic (exact) mass is 228 g/mol. The molecule has 0 unspecified atom stereocenters. The van der Waals surface area contributed by atoms with Crippen LogP contribution >= 0.6 is 0 Å². The molecule has 1 aliphatic heterocycles. The van der Waals surface area contributed by atoms with E-state index in [1.807, 2.05) is 6.92 Å². The molecule has 0 atom stereocenters. The first-order valence-electron chi connectivity index (χ1n) is 5.36. The molecule has 1 saturated heterocycles. The van der Waals surface area contributed by atoms with Crippen LogP contribution in [0.2, 0.25) is 0 Å². The van der Waals surface area contributed by atoms with Gasteiger partial charge in [0, 0.05) is 19.6 Å². The zero-order valence-corrected chi connectivity index (χ0v) is 9.31. The minimum Gasteiger partial charge on any atom is -0.480 e. The number of hydrogen-bond donors (Lipinski definition) is 1. The molecule has 90 valence electrons. The van der Waals surface area contributed by atoms with Crippen LogP contribution in [0.5, 0.6) is 0 Å². The van der Waals surface area contributed by atoms with E-state index in [1.54, 1.807) is 0 Å². The van der Waals surface area contributed by atoms with Crippen LogP contribution in [0.25, 0.3) is 0 Å². The number of amides is 2. The van der Waals surface area contributed by atoms with Gasteiger partial charge in [0.05, 0.1) is 0 Å². The quantitative estimate of drug-likeness (QED) is 0.646. The van der Waals surface area contributed by atoms with Crippen molar-refractivity contribution in [2.75, 3.05) is 26.2 Å². The Bertz CT molecular complexity index is 303. The van der Waals surface area contributed by atoms with Crippen molar-refractivity contribution >= 4 is 17.8 Å². The Morgan fingerprint density at radius 3 is 2.38 bits per heavy atom. The number of piperazine rings is 1. The maximum absolute atomic E-state index is 11.6. The summed E-state index contributed by atoms with van der Waals surface area (Å²) in [4.78, 5) is 36.1. The fraction of sp³-hybridized carbons (Fsp3) is 0.700. The van der Waals surface area contributed by atoms with Crippen LogP contribution in [0.4, 0.5) is 0 Å². The Morgan fingerprint density at radius 1 is 1.25 bits per heavy atom. The van der Waals surface area contributed by atoms with E-state index in [0.717, 1.165) is 17.7 Å². The normalized spacial score (nSPS) is 16.8. The summed E-state index contributed by atoms with van der Waals surface area (Å²) < 4.78 is 0. The molecule has 1 heterocycles. The number of carbonyl (C=O) groups is 3. The van der Waals surface area contributed by atoms with Crippen molar-refractivity contribution in [1.29, 1.82) is 0 Å². The number of aliphatic carboxylic acids is 1. The number of unbranched alkanes of at least 4 members (excludes halogenated alkanes) is 1. The first-order chi connectivity index (χ1) is 7.56. The second-order valence-corrected chi connectivity index (χ2v) is 3.77. The second kappa shape index (κ2) is 5.48. The summed E-state index contributed by atoms with van der Waals surface area (Å²) in [6.45, 7) is 2.92. The van der Waals surface area contributed by atoms with Crippen LogP contribution in [-0.2, 0) is 14.4 Å². The molecule has 16 heavy (non-hydrogen) atoms. The van der Waals surface area contributed by atoms with E-state index >= 15 is 0 Å². The van der Waals surface area contributed by atoms with Gasteiger partial charge in [0.25, 0.3) is 0 Å². The molecule has 0 aliphatic carbocycles. The number of rotatable bonds is 5. The summed E-state index contributed by atoms with van der Waals surface area (Å²) in [7, 11) is 0. The third-order valence-corrected chi connectivity index (χ3v) is 2.50. The number of carbonyl (C=O) groups excluding carboxylic acids is 2.